The molecule has 1 aromatic carbocycles. The highest BCUT2D eigenvalue weighted by Gasteiger charge is 2.39. The monoisotopic (exact) mass is 308 g/mol. The predicted octanol–water partition coefficient (Wildman–Crippen LogP) is 2.57. The van der Waals surface area contributed by atoms with Crippen LogP contribution >= 0.6 is 0 Å². The third kappa shape index (κ3) is 2.70. The lowest BCUT2D eigenvalue weighted by atomic mass is 10.0. The molecular weight excluding hydrogens is 288 g/mol. The Morgan fingerprint density at radius 2 is 2.10 bits per heavy atom. The molecule has 0 spiro atoms. The van der Waals surface area contributed by atoms with Crippen LogP contribution in [0.1, 0.15) is 32.4 Å². The number of hydrogen-bond acceptors (Lipinski definition) is 4. The highest BCUT2D eigenvalue weighted by Crippen LogP contribution is 2.31. The van der Waals surface area contributed by atoms with Gasteiger partial charge in [-0.25, -0.2) is 8.42 Å². The van der Waals surface area contributed by atoms with E-state index in [0.29, 0.717) is 24.2 Å². The lowest BCUT2D eigenvalue weighted by Gasteiger charge is -2.30. The Morgan fingerprint density at radius 3 is 2.81 bits per heavy atom. The van der Waals surface area contributed by atoms with Crippen molar-refractivity contribution in [2.45, 2.75) is 38.6 Å². The molecule has 1 aliphatic heterocycles. The maximum atomic E-state index is 12.5. The normalized spacial score (nSPS) is 19.3. The molecule has 2 aromatic rings. The van der Waals surface area contributed by atoms with E-state index >= 15 is 0 Å². The Kier molecular flexibility index (Phi) is 3.53. The Morgan fingerprint density at radius 1 is 1.33 bits per heavy atom. The maximum Gasteiger partial charge on any atom is 0.214 e. The van der Waals surface area contributed by atoms with Gasteiger partial charge in [0.2, 0.25) is 10.0 Å². The van der Waals surface area contributed by atoms with Gasteiger partial charge in [0, 0.05) is 23.9 Å². The second kappa shape index (κ2) is 5.10. The van der Waals surface area contributed by atoms with Crippen LogP contribution in [-0.4, -0.2) is 35.7 Å². The van der Waals surface area contributed by atoms with Crippen LogP contribution in [0.2, 0.25) is 0 Å². The zero-order valence-corrected chi connectivity index (χ0v) is 13.2. The van der Waals surface area contributed by atoms with Crippen molar-refractivity contribution in [2.24, 2.45) is 0 Å². The van der Waals surface area contributed by atoms with Gasteiger partial charge in [0.05, 0.1) is 11.4 Å². The summed E-state index contributed by atoms with van der Waals surface area (Å²) < 4.78 is 32.0. The Bertz CT molecular complexity index is 749. The van der Waals surface area contributed by atoms with E-state index in [4.69, 9.17) is 4.52 Å². The van der Waals surface area contributed by atoms with Crippen LogP contribution in [0.3, 0.4) is 0 Å². The first-order chi connectivity index (χ1) is 9.90. The molecule has 1 aromatic heterocycles. The van der Waals surface area contributed by atoms with E-state index in [2.05, 4.69) is 5.16 Å². The number of nitrogens with zero attached hydrogens (tertiary/aromatic N) is 2. The molecule has 114 valence electrons. The average Bonchev–Trinajstić information content (AvgIpc) is 3.00. The smallest absolute Gasteiger partial charge is 0.214 e. The minimum Gasteiger partial charge on any atom is -0.356 e. The number of benzene rings is 1. The van der Waals surface area contributed by atoms with Gasteiger partial charge in [0.25, 0.3) is 0 Å². The number of aromatic nitrogens is 1. The van der Waals surface area contributed by atoms with Crippen molar-refractivity contribution in [2.75, 3.05) is 12.3 Å². The highest BCUT2D eigenvalue weighted by atomic mass is 32.2. The van der Waals surface area contributed by atoms with Crippen molar-refractivity contribution in [3.8, 4) is 0 Å². The molecule has 2 heterocycles. The van der Waals surface area contributed by atoms with Gasteiger partial charge in [-0.05, 0) is 38.8 Å². The summed E-state index contributed by atoms with van der Waals surface area (Å²) in [4.78, 5) is 0. The third-order valence-corrected chi connectivity index (χ3v) is 6.28. The summed E-state index contributed by atoms with van der Waals surface area (Å²) in [6, 6.07) is 7.53. The molecule has 0 amide bonds. The predicted molar refractivity (Wildman–Crippen MR) is 81.5 cm³/mol. The van der Waals surface area contributed by atoms with Crippen LogP contribution in [0.25, 0.3) is 11.0 Å². The molecule has 1 saturated heterocycles. The number of aryl methyl sites for hydroxylation is 1. The van der Waals surface area contributed by atoms with Crippen LogP contribution in [0.5, 0.6) is 0 Å². The topological polar surface area (TPSA) is 63.4 Å². The fourth-order valence-electron chi connectivity index (χ4n) is 3.05. The minimum absolute atomic E-state index is 0.0763. The molecule has 0 saturated carbocycles. The van der Waals surface area contributed by atoms with Gasteiger partial charge >= 0.3 is 0 Å². The van der Waals surface area contributed by atoms with E-state index in [-0.39, 0.29) is 11.3 Å². The maximum absolute atomic E-state index is 12.5. The van der Waals surface area contributed by atoms with E-state index in [1.807, 2.05) is 38.1 Å². The van der Waals surface area contributed by atoms with Gasteiger partial charge in [-0.3, -0.25) is 0 Å². The van der Waals surface area contributed by atoms with E-state index in [9.17, 15) is 8.42 Å². The largest absolute Gasteiger partial charge is 0.356 e. The number of fused-ring (bicyclic) bond motifs is 1. The molecule has 0 radical (unpaired) electrons. The van der Waals surface area contributed by atoms with E-state index in [1.165, 1.54) is 0 Å². The van der Waals surface area contributed by atoms with Gasteiger partial charge in [-0.1, -0.05) is 17.3 Å². The molecule has 3 rings (SSSR count). The van der Waals surface area contributed by atoms with Gasteiger partial charge in [-0.2, -0.15) is 4.31 Å². The minimum atomic E-state index is -3.26. The second-order valence-electron chi connectivity index (χ2n) is 6.18. The SMILES string of the molecule is CC1(C)CCCN1S(=O)(=O)CCc1noc2ccccc12. The molecule has 21 heavy (non-hydrogen) atoms. The van der Waals surface area contributed by atoms with Crippen LogP contribution in [0, 0.1) is 0 Å². The van der Waals surface area contributed by atoms with Crippen molar-refractivity contribution in [3.63, 3.8) is 0 Å². The molecule has 1 fully saturated rings. The number of sulfonamides is 1. The summed E-state index contributed by atoms with van der Waals surface area (Å²) in [5, 5.41) is 4.90. The molecule has 0 N–H and O–H groups in total. The highest BCUT2D eigenvalue weighted by molar-refractivity contribution is 7.89. The molecular formula is C15H20N2O3S. The Labute approximate surface area is 125 Å². The summed E-state index contributed by atoms with van der Waals surface area (Å²) in [5.41, 5.74) is 1.14. The molecule has 0 atom stereocenters. The first kappa shape index (κ1) is 14.5. The van der Waals surface area contributed by atoms with Gasteiger partial charge in [0.15, 0.2) is 5.58 Å². The second-order valence-corrected chi connectivity index (χ2v) is 8.19. The molecule has 0 bridgehead atoms. The molecule has 6 heteroatoms. The number of rotatable bonds is 4. The lowest BCUT2D eigenvalue weighted by Crippen LogP contribution is -2.44. The van der Waals surface area contributed by atoms with Crippen molar-refractivity contribution < 1.29 is 12.9 Å². The summed E-state index contributed by atoms with van der Waals surface area (Å²) in [7, 11) is -3.26. The summed E-state index contributed by atoms with van der Waals surface area (Å²) >= 11 is 0. The Balaban J connectivity index is 1.78. The third-order valence-electron chi connectivity index (χ3n) is 4.21. The van der Waals surface area contributed by atoms with E-state index in [0.717, 1.165) is 18.2 Å². The van der Waals surface area contributed by atoms with Crippen LogP contribution < -0.4 is 0 Å². The Hall–Kier alpha value is -1.40. The van der Waals surface area contributed by atoms with Crippen LogP contribution in [-0.2, 0) is 16.4 Å². The van der Waals surface area contributed by atoms with Crippen molar-refractivity contribution in [3.05, 3.63) is 30.0 Å². The van der Waals surface area contributed by atoms with Gasteiger partial charge in [0.1, 0.15) is 0 Å². The molecule has 0 unspecified atom stereocenters. The zero-order chi connectivity index (χ0) is 15.1. The van der Waals surface area contributed by atoms with Gasteiger partial charge in [-0.15, -0.1) is 0 Å². The van der Waals surface area contributed by atoms with Gasteiger partial charge < -0.3 is 4.52 Å². The van der Waals surface area contributed by atoms with Crippen LogP contribution in [0.15, 0.2) is 28.8 Å². The summed E-state index contributed by atoms with van der Waals surface area (Å²) in [6.07, 6.45) is 2.23. The average molecular weight is 308 g/mol. The standard InChI is InChI=1S/C15H20N2O3S/c1-15(2)9-5-10-17(15)21(18,19)11-8-13-12-6-3-4-7-14(12)20-16-13/h3-4,6-7H,5,8-11H2,1-2H3. The van der Waals surface area contributed by atoms with Crippen molar-refractivity contribution in [1.29, 1.82) is 0 Å². The number of hydrogen-bond donors (Lipinski definition) is 0. The molecule has 1 aliphatic rings. The van der Waals surface area contributed by atoms with E-state index in [1.54, 1.807) is 4.31 Å². The molecule has 0 aliphatic carbocycles. The van der Waals surface area contributed by atoms with E-state index < -0.39 is 10.0 Å². The zero-order valence-electron chi connectivity index (χ0n) is 12.4. The molecule has 5 nitrogen and oxygen atoms in total. The fourth-order valence-corrected chi connectivity index (χ4v) is 4.98. The first-order valence-electron chi connectivity index (χ1n) is 7.24. The summed E-state index contributed by atoms with van der Waals surface area (Å²) in [6.45, 7) is 4.60. The lowest BCUT2D eigenvalue weighted by molar-refractivity contribution is 0.291. The summed E-state index contributed by atoms with van der Waals surface area (Å²) in [5.74, 6) is 0.0763. The number of para-hydroxylation sites is 1. The van der Waals surface area contributed by atoms with Crippen molar-refractivity contribution >= 4 is 21.0 Å². The van der Waals surface area contributed by atoms with Crippen LogP contribution in [0.4, 0.5) is 0 Å². The van der Waals surface area contributed by atoms with Crippen molar-refractivity contribution in [1.82, 2.24) is 9.46 Å². The first-order valence-corrected chi connectivity index (χ1v) is 8.85. The quantitative estimate of drug-likeness (QED) is 0.871. The fraction of sp³-hybridized carbons (Fsp3) is 0.533.